The summed E-state index contributed by atoms with van der Waals surface area (Å²) >= 11 is 0. The largest absolute Gasteiger partial charge is 0.343 e. The quantitative estimate of drug-likeness (QED) is 0.533. The van der Waals surface area contributed by atoms with Crippen LogP contribution in [-0.2, 0) is 16.0 Å². The number of hydrogen-bond donors (Lipinski definition) is 0. The fraction of sp³-hybridized carbons (Fsp3) is 0.448. The van der Waals surface area contributed by atoms with Gasteiger partial charge in [0.15, 0.2) is 0 Å². The summed E-state index contributed by atoms with van der Waals surface area (Å²) in [6.45, 7) is 5.24. The molecule has 2 aromatic rings. The van der Waals surface area contributed by atoms with Crippen LogP contribution in [0.3, 0.4) is 0 Å². The van der Waals surface area contributed by atoms with Crippen molar-refractivity contribution in [1.29, 1.82) is 0 Å². The second-order valence-corrected chi connectivity index (χ2v) is 9.70. The highest BCUT2D eigenvalue weighted by molar-refractivity contribution is 5.81. The highest BCUT2D eigenvalue weighted by atomic mass is 16.2. The van der Waals surface area contributed by atoms with Crippen LogP contribution in [0, 0.1) is 11.8 Å². The first-order valence-corrected chi connectivity index (χ1v) is 12.4. The van der Waals surface area contributed by atoms with Gasteiger partial charge in [-0.05, 0) is 56.1 Å². The molecule has 1 aliphatic carbocycles. The summed E-state index contributed by atoms with van der Waals surface area (Å²) in [5.41, 5.74) is 3.61. The van der Waals surface area contributed by atoms with Crippen LogP contribution in [-0.4, -0.2) is 47.8 Å². The van der Waals surface area contributed by atoms with Gasteiger partial charge in [0.25, 0.3) is 0 Å². The van der Waals surface area contributed by atoms with Crippen molar-refractivity contribution in [3.8, 4) is 0 Å². The van der Waals surface area contributed by atoms with Crippen LogP contribution in [0.5, 0.6) is 0 Å². The number of piperidine rings is 1. The van der Waals surface area contributed by atoms with E-state index in [1.807, 2.05) is 41.3 Å². The van der Waals surface area contributed by atoms with Gasteiger partial charge in [0.2, 0.25) is 11.8 Å². The van der Waals surface area contributed by atoms with E-state index < -0.39 is 0 Å². The van der Waals surface area contributed by atoms with Crippen LogP contribution in [0.15, 0.2) is 66.2 Å². The van der Waals surface area contributed by atoms with Gasteiger partial charge in [-0.1, -0.05) is 72.3 Å². The molecular formula is C29H36N2O2. The Hall–Kier alpha value is -2.88. The monoisotopic (exact) mass is 444 g/mol. The number of rotatable bonds is 9. The SMILES string of the molecule is CC(=Cc1ccccc1)CN(CC1CCN(C(=O)CCc2ccccc2)CC1)C(=O)C1CC1. The van der Waals surface area contributed by atoms with Crippen LogP contribution in [0.4, 0.5) is 0 Å². The Morgan fingerprint density at radius 2 is 1.58 bits per heavy atom. The normalized spacial score (nSPS) is 17.1. The molecule has 2 fully saturated rings. The van der Waals surface area contributed by atoms with Crippen LogP contribution in [0.1, 0.15) is 50.2 Å². The number of hydrogen-bond acceptors (Lipinski definition) is 2. The second kappa shape index (κ2) is 11.3. The molecule has 1 aliphatic heterocycles. The first-order valence-electron chi connectivity index (χ1n) is 12.4. The van der Waals surface area contributed by atoms with Gasteiger partial charge in [-0.25, -0.2) is 0 Å². The van der Waals surface area contributed by atoms with Gasteiger partial charge in [-0.2, -0.15) is 0 Å². The highest BCUT2D eigenvalue weighted by Gasteiger charge is 2.35. The molecule has 0 N–H and O–H groups in total. The molecule has 0 bridgehead atoms. The van der Waals surface area contributed by atoms with Crippen molar-refractivity contribution >= 4 is 17.9 Å². The summed E-state index contributed by atoms with van der Waals surface area (Å²) < 4.78 is 0. The topological polar surface area (TPSA) is 40.6 Å². The average molecular weight is 445 g/mol. The number of aryl methyl sites for hydroxylation is 1. The molecule has 1 saturated heterocycles. The lowest BCUT2D eigenvalue weighted by Gasteiger charge is -2.35. The zero-order chi connectivity index (χ0) is 23.0. The molecule has 4 heteroatoms. The van der Waals surface area contributed by atoms with Gasteiger partial charge in [0.05, 0.1) is 0 Å². The Morgan fingerprint density at radius 3 is 2.21 bits per heavy atom. The van der Waals surface area contributed by atoms with Crippen LogP contribution >= 0.6 is 0 Å². The molecule has 0 radical (unpaired) electrons. The number of carbonyl (C=O) groups is 2. The minimum absolute atomic E-state index is 0.231. The van der Waals surface area contributed by atoms with E-state index in [-0.39, 0.29) is 11.8 Å². The number of benzene rings is 2. The Labute approximate surface area is 198 Å². The Bertz CT molecular complexity index is 942. The number of carbonyl (C=O) groups excluding carboxylic acids is 2. The first-order chi connectivity index (χ1) is 16.1. The number of amides is 2. The highest BCUT2D eigenvalue weighted by Crippen LogP contribution is 2.32. The molecule has 0 aromatic heterocycles. The van der Waals surface area contributed by atoms with Gasteiger partial charge in [0.1, 0.15) is 0 Å². The average Bonchev–Trinajstić information content (AvgIpc) is 3.69. The maximum absolute atomic E-state index is 13.0. The van der Waals surface area contributed by atoms with Gasteiger partial charge in [-0.3, -0.25) is 9.59 Å². The van der Waals surface area contributed by atoms with Crippen LogP contribution < -0.4 is 0 Å². The number of nitrogens with zero attached hydrogens (tertiary/aromatic N) is 2. The van der Waals surface area contributed by atoms with Crippen molar-refractivity contribution in [3.05, 3.63) is 77.4 Å². The molecule has 0 spiro atoms. The summed E-state index contributed by atoms with van der Waals surface area (Å²) in [7, 11) is 0. The summed E-state index contributed by atoms with van der Waals surface area (Å²) in [5, 5.41) is 0. The van der Waals surface area contributed by atoms with E-state index in [1.165, 1.54) is 16.7 Å². The summed E-state index contributed by atoms with van der Waals surface area (Å²) in [5.74, 6) is 1.27. The molecule has 2 aromatic carbocycles. The maximum atomic E-state index is 13.0. The van der Waals surface area contributed by atoms with E-state index in [0.717, 1.165) is 51.7 Å². The molecule has 1 saturated carbocycles. The van der Waals surface area contributed by atoms with Crippen molar-refractivity contribution in [1.82, 2.24) is 9.80 Å². The van der Waals surface area contributed by atoms with Gasteiger partial charge < -0.3 is 9.80 Å². The zero-order valence-corrected chi connectivity index (χ0v) is 19.8. The molecular weight excluding hydrogens is 408 g/mol. The minimum Gasteiger partial charge on any atom is -0.343 e. The maximum Gasteiger partial charge on any atom is 0.225 e. The van der Waals surface area contributed by atoms with Crippen LogP contribution in [0.2, 0.25) is 0 Å². The summed E-state index contributed by atoms with van der Waals surface area (Å²) in [6.07, 6.45) is 7.58. The fourth-order valence-corrected chi connectivity index (χ4v) is 4.73. The second-order valence-electron chi connectivity index (χ2n) is 9.70. The van der Waals surface area contributed by atoms with Crippen LogP contribution in [0.25, 0.3) is 6.08 Å². The van der Waals surface area contributed by atoms with Crippen molar-refractivity contribution in [2.75, 3.05) is 26.2 Å². The van der Waals surface area contributed by atoms with E-state index in [1.54, 1.807) is 0 Å². The smallest absolute Gasteiger partial charge is 0.225 e. The lowest BCUT2D eigenvalue weighted by atomic mass is 9.95. The Kier molecular flexibility index (Phi) is 7.98. The van der Waals surface area contributed by atoms with Gasteiger partial charge in [-0.15, -0.1) is 0 Å². The van der Waals surface area contributed by atoms with E-state index >= 15 is 0 Å². The summed E-state index contributed by atoms with van der Waals surface area (Å²) in [6, 6.07) is 20.5. The van der Waals surface area contributed by atoms with E-state index in [9.17, 15) is 9.59 Å². The van der Waals surface area contributed by atoms with E-state index in [0.29, 0.717) is 24.8 Å². The molecule has 33 heavy (non-hydrogen) atoms. The van der Waals surface area contributed by atoms with Crippen molar-refractivity contribution in [3.63, 3.8) is 0 Å². The molecule has 2 aliphatic rings. The lowest BCUT2D eigenvalue weighted by Crippen LogP contribution is -2.43. The van der Waals surface area contributed by atoms with Gasteiger partial charge >= 0.3 is 0 Å². The fourth-order valence-electron chi connectivity index (χ4n) is 4.73. The van der Waals surface area contributed by atoms with E-state index in [2.05, 4.69) is 42.2 Å². The third-order valence-corrected chi connectivity index (χ3v) is 6.81. The van der Waals surface area contributed by atoms with Gasteiger partial charge in [0, 0.05) is 38.5 Å². The summed E-state index contributed by atoms with van der Waals surface area (Å²) in [4.78, 5) is 29.8. The number of likely N-dealkylation sites (tertiary alicyclic amines) is 1. The van der Waals surface area contributed by atoms with Crippen molar-refractivity contribution < 1.29 is 9.59 Å². The molecule has 0 unspecified atom stereocenters. The first kappa shape index (κ1) is 23.3. The Balaban J connectivity index is 1.28. The Morgan fingerprint density at radius 1 is 0.939 bits per heavy atom. The molecule has 2 amide bonds. The minimum atomic E-state index is 0.231. The third-order valence-electron chi connectivity index (χ3n) is 6.81. The van der Waals surface area contributed by atoms with E-state index in [4.69, 9.17) is 0 Å². The molecule has 0 atom stereocenters. The molecule has 4 rings (SSSR count). The molecule has 1 heterocycles. The molecule has 4 nitrogen and oxygen atoms in total. The third kappa shape index (κ3) is 7.05. The lowest BCUT2D eigenvalue weighted by molar-refractivity contribution is -0.135. The van der Waals surface area contributed by atoms with Crippen molar-refractivity contribution in [2.45, 2.75) is 45.4 Å². The predicted octanol–water partition coefficient (Wildman–Crippen LogP) is 5.20. The predicted molar refractivity (Wildman–Crippen MR) is 133 cm³/mol. The standard InChI is InChI=1S/C29H36N2O2/c1-23(20-25-10-6-3-7-11-25)21-31(29(33)27-13-14-27)22-26-16-18-30(19-17-26)28(32)15-12-24-8-4-2-5-9-24/h2-11,20,26-27H,12-19,21-22H2,1H3. The van der Waals surface area contributed by atoms with Crippen molar-refractivity contribution in [2.24, 2.45) is 11.8 Å². The molecule has 174 valence electrons. The zero-order valence-electron chi connectivity index (χ0n) is 19.8.